The minimum absolute atomic E-state index is 0.252. The monoisotopic (exact) mass is 280 g/mol. The minimum Gasteiger partial charge on any atom is -0.331 e. The van der Waals surface area contributed by atoms with Crippen molar-refractivity contribution < 1.29 is 4.79 Å². The second-order valence-electron chi connectivity index (χ2n) is 3.19. The number of Topliss-reactive ketones (excluding diaryl/α,β-unsaturated/α-hetero) is 1. The molecule has 0 aliphatic carbocycles. The number of carbonyl (C=O) groups is 1. The average molecular weight is 281 g/mol. The molecule has 0 unspecified atom stereocenters. The number of thioether (sulfide) groups is 2. The largest absolute Gasteiger partial charge is 0.331 e. The molecule has 0 aromatic heterocycles. The summed E-state index contributed by atoms with van der Waals surface area (Å²) in [6.45, 7) is 9.30. The van der Waals surface area contributed by atoms with Crippen LogP contribution in [0.1, 0.15) is 27.7 Å². The normalized spacial score (nSPS) is 9.71. The molecule has 5 heteroatoms. The van der Waals surface area contributed by atoms with Crippen molar-refractivity contribution in [1.29, 1.82) is 0 Å². The van der Waals surface area contributed by atoms with Crippen molar-refractivity contribution in [2.24, 2.45) is 10.7 Å². The number of carbonyl (C=O) groups excluding carboxylic acids is 1. The Morgan fingerprint density at radius 1 is 1.12 bits per heavy atom. The van der Waals surface area contributed by atoms with Gasteiger partial charge in [0, 0.05) is 18.0 Å². The smallest absolute Gasteiger partial charge is 0.139 e. The maximum Gasteiger partial charge on any atom is 0.139 e. The van der Waals surface area contributed by atoms with Crippen LogP contribution in [0.4, 0.5) is 0 Å². The molecule has 0 radical (unpaired) electrons. The van der Waals surface area contributed by atoms with Crippen molar-refractivity contribution in [3.05, 3.63) is 0 Å². The van der Waals surface area contributed by atoms with Gasteiger partial charge in [-0.1, -0.05) is 6.92 Å². The molecule has 0 aliphatic rings. The van der Waals surface area contributed by atoms with Crippen molar-refractivity contribution in [2.45, 2.75) is 27.7 Å². The Kier molecular flexibility index (Phi) is 27.8. The van der Waals surface area contributed by atoms with E-state index >= 15 is 0 Å². The molecular weight excluding hydrogens is 252 g/mol. The zero-order valence-electron chi connectivity index (χ0n) is 12.1. The Hall–Kier alpha value is -0.0000000000000000555. The lowest BCUT2D eigenvalue weighted by Gasteiger charge is -1.92. The minimum atomic E-state index is 0.252. The molecule has 2 N–H and O–H groups in total. The molecule has 104 valence electrons. The van der Waals surface area contributed by atoms with Crippen molar-refractivity contribution in [3.8, 4) is 0 Å². The van der Waals surface area contributed by atoms with Crippen LogP contribution in [-0.2, 0) is 4.79 Å². The second-order valence-corrected chi connectivity index (χ2v) is 4.92. The number of hydrogen-bond acceptors (Lipinski definition) is 5. The van der Waals surface area contributed by atoms with Gasteiger partial charge < -0.3 is 5.73 Å². The Labute approximate surface area is 115 Å². The van der Waals surface area contributed by atoms with Crippen LogP contribution in [0.15, 0.2) is 4.99 Å². The van der Waals surface area contributed by atoms with Gasteiger partial charge in [0.2, 0.25) is 0 Å². The quantitative estimate of drug-likeness (QED) is 0.787. The average Bonchev–Trinajstić information content (AvgIpc) is 2.20. The van der Waals surface area contributed by atoms with Crippen LogP contribution in [0.5, 0.6) is 0 Å². The van der Waals surface area contributed by atoms with Gasteiger partial charge in [-0.25, -0.2) is 0 Å². The van der Waals surface area contributed by atoms with E-state index in [0.29, 0.717) is 5.75 Å². The third kappa shape index (κ3) is 38.7. The number of nitrogens with zero attached hydrogens (tertiary/aromatic N) is 1. The molecule has 0 saturated carbocycles. The standard InChI is InChI=1S/C6H13NS.C4H8OS.C2H7N/c1-4-7-6(2)5-8-3;1-4(5)3-6-2;1-2-3/h4-5H2,1-3H3;3H2,1-2H3;2-3H2,1H3. The van der Waals surface area contributed by atoms with Gasteiger partial charge in [0.05, 0.1) is 5.75 Å². The number of hydrogen-bond donors (Lipinski definition) is 1. The lowest BCUT2D eigenvalue weighted by atomic mass is 10.5. The lowest BCUT2D eigenvalue weighted by molar-refractivity contribution is -0.114. The molecule has 0 bridgehead atoms. The van der Waals surface area contributed by atoms with Crippen LogP contribution >= 0.6 is 23.5 Å². The van der Waals surface area contributed by atoms with Gasteiger partial charge in [-0.3, -0.25) is 9.79 Å². The maximum absolute atomic E-state index is 10.0. The van der Waals surface area contributed by atoms with Crippen LogP contribution in [0.3, 0.4) is 0 Å². The maximum atomic E-state index is 10.0. The summed E-state index contributed by atoms with van der Waals surface area (Å²) >= 11 is 3.38. The topological polar surface area (TPSA) is 55.4 Å². The van der Waals surface area contributed by atoms with Gasteiger partial charge in [-0.2, -0.15) is 23.5 Å². The Bertz CT molecular complexity index is 185. The van der Waals surface area contributed by atoms with Gasteiger partial charge in [0.15, 0.2) is 0 Å². The first kappa shape index (κ1) is 22.2. The second kappa shape index (κ2) is 21.3. The van der Waals surface area contributed by atoms with E-state index in [9.17, 15) is 4.79 Å². The molecule has 0 atom stereocenters. The van der Waals surface area contributed by atoms with Crippen LogP contribution in [0.25, 0.3) is 0 Å². The van der Waals surface area contributed by atoms with E-state index in [1.54, 1.807) is 18.7 Å². The number of nitrogens with two attached hydrogens (primary N) is 1. The van der Waals surface area contributed by atoms with Crippen molar-refractivity contribution >= 4 is 35.0 Å². The molecule has 0 amide bonds. The molecule has 0 heterocycles. The fourth-order valence-corrected chi connectivity index (χ4v) is 1.64. The molecular formula is C12H28N2OS2. The van der Waals surface area contributed by atoms with Gasteiger partial charge in [0.25, 0.3) is 0 Å². The number of aliphatic imine (C=N–C) groups is 1. The highest BCUT2D eigenvalue weighted by Gasteiger charge is 1.84. The summed E-state index contributed by atoms with van der Waals surface area (Å²) in [5.41, 5.74) is 6.10. The highest BCUT2D eigenvalue weighted by molar-refractivity contribution is 7.99. The molecule has 3 nitrogen and oxygen atoms in total. The van der Waals surface area contributed by atoms with Crippen LogP contribution < -0.4 is 5.73 Å². The SMILES string of the molecule is CCN.CCN=C(C)CSC.CSCC(C)=O. The highest BCUT2D eigenvalue weighted by Crippen LogP contribution is 1.92. The predicted octanol–water partition coefficient (Wildman–Crippen LogP) is 2.73. The fraction of sp³-hybridized carbons (Fsp3) is 0.833. The van der Waals surface area contributed by atoms with E-state index in [1.807, 2.05) is 24.9 Å². The van der Waals surface area contributed by atoms with Crippen molar-refractivity contribution in [2.75, 3.05) is 37.1 Å². The third-order valence-corrected chi connectivity index (χ3v) is 2.53. The van der Waals surface area contributed by atoms with Crippen molar-refractivity contribution in [3.63, 3.8) is 0 Å². The fourth-order valence-electron chi connectivity index (χ4n) is 0.728. The summed E-state index contributed by atoms with van der Waals surface area (Å²) in [7, 11) is 0. The van der Waals surface area contributed by atoms with E-state index in [0.717, 1.165) is 18.8 Å². The van der Waals surface area contributed by atoms with Gasteiger partial charge in [-0.05, 0) is 39.8 Å². The lowest BCUT2D eigenvalue weighted by Crippen LogP contribution is -1.94. The molecule has 0 aromatic carbocycles. The number of ketones is 1. The molecule has 0 rings (SSSR count). The Morgan fingerprint density at radius 3 is 1.71 bits per heavy atom. The summed E-state index contributed by atoms with van der Waals surface area (Å²) in [6, 6.07) is 0. The van der Waals surface area contributed by atoms with Gasteiger partial charge in [-0.15, -0.1) is 0 Å². The molecule has 0 aromatic rings. The van der Waals surface area contributed by atoms with Gasteiger partial charge in [0.1, 0.15) is 5.78 Å². The first-order valence-corrected chi connectivity index (χ1v) is 8.46. The van der Waals surface area contributed by atoms with E-state index in [2.05, 4.69) is 25.1 Å². The summed E-state index contributed by atoms with van der Waals surface area (Å²) in [6.07, 6.45) is 4.01. The molecule has 0 saturated heterocycles. The van der Waals surface area contributed by atoms with E-state index in [-0.39, 0.29) is 5.78 Å². The first-order valence-electron chi connectivity index (χ1n) is 5.67. The first-order chi connectivity index (χ1) is 7.99. The zero-order valence-corrected chi connectivity index (χ0v) is 13.7. The highest BCUT2D eigenvalue weighted by atomic mass is 32.2. The molecule has 0 spiro atoms. The van der Waals surface area contributed by atoms with Crippen molar-refractivity contribution in [1.82, 2.24) is 0 Å². The summed E-state index contributed by atoms with van der Waals surface area (Å²) in [4.78, 5) is 14.2. The van der Waals surface area contributed by atoms with Crippen LogP contribution in [0.2, 0.25) is 0 Å². The van der Waals surface area contributed by atoms with E-state index in [1.165, 1.54) is 5.71 Å². The Balaban J connectivity index is -0.000000193. The molecule has 17 heavy (non-hydrogen) atoms. The third-order valence-electron chi connectivity index (χ3n) is 1.13. The summed E-state index contributed by atoms with van der Waals surface area (Å²) in [5, 5.41) is 0. The summed E-state index contributed by atoms with van der Waals surface area (Å²) in [5.74, 6) is 1.98. The van der Waals surface area contributed by atoms with E-state index in [4.69, 9.17) is 5.73 Å². The van der Waals surface area contributed by atoms with E-state index < -0.39 is 0 Å². The molecule has 0 fully saturated rings. The molecule has 0 aliphatic heterocycles. The van der Waals surface area contributed by atoms with Crippen LogP contribution in [-0.4, -0.2) is 48.6 Å². The predicted molar refractivity (Wildman–Crippen MR) is 85.8 cm³/mol. The van der Waals surface area contributed by atoms with Gasteiger partial charge >= 0.3 is 0 Å². The Morgan fingerprint density at radius 2 is 1.53 bits per heavy atom. The number of rotatable bonds is 5. The zero-order chi connectivity index (χ0) is 14.1. The summed E-state index contributed by atoms with van der Waals surface area (Å²) < 4.78 is 0. The van der Waals surface area contributed by atoms with Crippen LogP contribution in [0, 0.1) is 0 Å².